The zero-order valence-electron chi connectivity index (χ0n) is 51.7. The second-order valence-corrected chi connectivity index (χ2v) is 21.1. The minimum absolute atomic E-state index is 0.00171. The van der Waals surface area contributed by atoms with E-state index in [9.17, 15) is 19.2 Å². The summed E-state index contributed by atoms with van der Waals surface area (Å²) in [6.45, 7) is 41.9. The number of aldehydes is 1. The molecule has 0 fully saturated rings. The van der Waals surface area contributed by atoms with Gasteiger partial charge in [0.2, 0.25) is 5.91 Å². The first-order valence-electron chi connectivity index (χ1n) is 29.4. The summed E-state index contributed by atoms with van der Waals surface area (Å²) in [4.78, 5) is 60.3. The van der Waals surface area contributed by atoms with Gasteiger partial charge in [0.1, 0.15) is 12.1 Å². The van der Waals surface area contributed by atoms with Crippen LogP contribution in [0.2, 0.25) is 0 Å². The van der Waals surface area contributed by atoms with E-state index in [1.807, 2.05) is 52.0 Å². The van der Waals surface area contributed by atoms with Crippen molar-refractivity contribution in [3.8, 4) is 0 Å². The number of hydrogen-bond acceptors (Lipinski definition) is 11. The predicted molar refractivity (Wildman–Crippen MR) is 330 cm³/mol. The summed E-state index contributed by atoms with van der Waals surface area (Å²) in [5.74, 6) is 2.40. The lowest BCUT2D eigenvalue weighted by Crippen LogP contribution is -2.31. The normalized spacial score (nSPS) is 12.3. The number of unbranched alkanes of at least 4 members (excludes halogenated alkanes) is 2. The van der Waals surface area contributed by atoms with E-state index in [2.05, 4.69) is 112 Å². The van der Waals surface area contributed by atoms with E-state index in [1.54, 1.807) is 25.4 Å². The number of nitrogens with zero attached hydrogens (tertiary/aromatic N) is 7. The Kier molecular flexibility index (Phi) is 39.9. The molecule has 4 rings (SSSR count). The Hall–Kier alpha value is -5.20. The molecule has 12 heteroatoms. The Morgan fingerprint density at radius 2 is 1.42 bits per heavy atom. The molecular formula is C65H108N8O4. The Balaban J connectivity index is 0.00000113. The summed E-state index contributed by atoms with van der Waals surface area (Å²) in [6, 6.07) is 13.6. The van der Waals surface area contributed by atoms with Crippen molar-refractivity contribution in [1.82, 2.24) is 25.1 Å². The van der Waals surface area contributed by atoms with E-state index in [4.69, 9.17) is 9.97 Å². The van der Waals surface area contributed by atoms with E-state index >= 15 is 0 Å². The maximum absolute atomic E-state index is 11.2. The molecule has 432 valence electrons. The van der Waals surface area contributed by atoms with Crippen LogP contribution in [-0.4, -0.2) is 95.7 Å². The van der Waals surface area contributed by atoms with Gasteiger partial charge in [-0.2, -0.15) is 10.2 Å². The van der Waals surface area contributed by atoms with Crippen molar-refractivity contribution in [2.24, 2.45) is 28.0 Å². The van der Waals surface area contributed by atoms with Gasteiger partial charge in [-0.15, -0.1) is 0 Å². The molecule has 12 nitrogen and oxygen atoms in total. The molecule has 0 spiro atoms. The quantitative estimate of drug-likeness (QED) is 0.0236. The second kappa shape index (κ2) is 42.8. The number of hydrogen-bond donors (Lipinski definition) is 1. The van der Waals surface area contributed by atoms with Crippen molar-refractivity contribution in [2.75, 3.05) is 45.2 Å². The first kappa shape index (κ1) is 71.8. The van der Waals surface area contributed by atoms with Crippen LogP contribution in [0.4, 0.5) is 5.82 Å². The molecule has 1 aliphatic heterocycles. The van der Waals surface area contributed by atoms with Crippen LogP contribution >= 0.6 is 0 Å². The molecule has 1 aliphatic rings. The highest BCUT2D eigenvalue weighted by atomic mass is 16.2. The van der Waals surface area contributed by atoms with Crippen LogP contribution in [0.5, 0.6) is 0 Å². The molecule has 2 aromatic heterocycles. The number of amides is 1. The van der Waals surface area contributed by atoms with Crippen LogP contribution in [0.25, 0.3) is 5.70 Å². The number of ketones is 2. The molecule has 0 bridgehead atoms. The molecule has 1 atom stereocenters. The lowest BCUT2D eigenvalue weighted by molar-refractivity contribution is -0.124. The van der Waals surface area contributed by atoms with Gasteiger partial charge in [-0.1, -0.05) is 138 Å². The number of benzene rings is 1. The Morgan fingerprint density at radius 1 is 0.792 bits per heavy atom. The standard InChI is InChI=1S/C29H42N6.C14H31N.C11H12O2.C7H13NO2.C4H10/c1-8-17-34(7)20-28-26-19-35(29-16-12-15-27(32-29)22(5)33-30-9-2)23(6)25(26)18-24(31-28)14-11-10-13-21(3)4;1-5-9-14(10-6-2)13-15(11-7-3)12-8-4;1-7-4-5-10(8(2)12)11(6-7)9(3)13;1-6(4-3-5-9)7(10)8-2;1-3-4-2/h9,12,15-16,18,21H,6,8,10-11,13-14,17,19-20H2,1-5,7H3;14H,5-13H2,1-4H3;4-6H,1-3H3;5-6H,3-4H2,1-2H3,(H,8,10);3-4H2,1-2H3/b30-9-,33-22+;;;;. The molecule has 1 aromatic carbocycles. The Labute approximate surface area is 469 Å². The molecule has 77 heavy (non-hydrogen) atoms. The first-order valence-corrected chi connectivity index (χ1v) is 29.4. The third-order valence-electron chi connectivity index (χ3n) is 13.2. The van der Waals surface area contributed by atoms with Crippen molar-refractivity contribution in [3.63, 3.8) is 0 Å². The lowest BCUT2D eigenvalue weighted by Gasteiger charge is -2.26. The molecule has 1 unspecified atom stereocenters. The van der Waals surface area contributed by atoms with Crippen LogP contribution in [0, 0.1) is 24.7 Å². The van der Waals surface area contributed by atoms with Gasteiger partial charge in [0, 0.05) is 72.3 Å². The molecule has 0 saturated carbocycles. The van der Waals surface area contributed by atoms with E-state index in [-0.39, 0.29) is 23.4 Å². The third kappa shape index (κ3) is 29.4. The van der Waals surface area contributed by atoms with Crippen molar-refractivity contribution in [3.05, 3.63) is 93.9 Å². The number of carbonyl (C=O) groups is 4. The van der Waals surface area contributed by atoms with Gasteiger partial charge in [0.05, 0.1) is 23.6 Å². The van der Waals surface area contributed by atoms with Crippen LogP contribution in [-0.2, 0) is 29.1 Å². The van der Waals surface area contributed by atoms with E-state index in [0.29, 0.717) is 24.0 Å². The SMILES string of the molecule is C=C1c2cc(CCCCC(C)C)nc(CN(C)CCC)c2CN1c1cccc(/C(C)=N/N=C\C)n1.CC(=O)c1ccc(C)cc1C(C)=O.CCCC.CCCC(CCC)CN(CCC)CCC.CNC(=O)C(C)CCC=O. The fraction of sp³-hybridized carbons (Fsp3) is 0.631. The molecule has 0 aliphatic carbocycles. The van der Waals surface area contributed by atoms with Crippen LogP contribution in [0.1, 0.15) is 241 Å². The highest BCUT2D eigenvalue weighted by Gasteiger charge is 2.29. The minimum atomic E-state index is -0.0646. The zero-order valence-corrected chi connectivity index (χ0v) is 51.7. The number of Topliss-reactive ketones (excluding diaryl/α,β-unsaturated/α-hetero) is 2. The lowest BCUT2D eigenvalue weighted by atomic mass is 9.97. The highest BCUT2D eigenvalue weighted by Crippen LogP contribution is 2.37. The summed E-state index contributed by atoms with van der Waals surface area (Å²) < 4.78 is 0. The zero-order chi connectivity index (χ0) is 58.3. The smallest absolute Gasteiger partial charge is 0.222 e. The van der Waals surface area contributed by atoms with E-state index in [0.717, 1.165) is 79.1 Å². The molecular weight excluding hydrogens is 957 g/mol. The number of carbonyl (C=O) groups excluding carboxylic acids is 4. The van der Waals surface area contributed by atoms with Crippen molar-refractivity contribution in [2.45, 2.75) is 213 Å². The average molecular weight is 1070 g/mol. The first-order chi connectivity index (χ1) is 36.8. The van der Waals surface area contributed by atoms with Gasteiger partial charge >= 0.3 is 0 Å². The Bertz CT molecular complexity index is 2190. The highest BCUT2D eigenvalue weighted by molar-refractivity contribution is 6.07. The Morgan fingerprint density at radius 3 is 1.94 bits per heavy atom. The largest absolute Gasteiger partial charge is 0.359 e. The summed E-state index contributed by atoms with van der Waals surface area (Å²) in [6.07, 6.45) is 20.2. The van der Waals surface area contributed by atoms with Crippen LogP contribution < -0.4 is 10.2 Å². The molecule has 3 heterocycles. The number of anilines is 1. The summed E-state index contributed by atoms with van der Waals surface area (Å²) in [5, 5.41) is 10.8. The predicted octanol–water partition coefficient (Wildman–Crippen LogP) is 15.4. The minimum Gasteiger partial charge on any atom is -0.359 e. The number of aryl methyl sites for hydroxylation is 2. The number of pyridine rings is 2. The fourth-order valence-electron chi connectivity index (χ4n) is 8.93. The molecule has 0 saturated heterocycles. The van der Waals surface area contributed by atoms with Crippen molar-refractivity contribution >= 4 is 47.2 Å². The number of fused-ring (bicyclic) bond motifs is 1. The summed E-state index contributed by atoms with van der Waals surface area (Å²) in [5.41, 5.74) is 9.48. The topological polar surface area (TPSA) is 141 Å². The second-order valence-electron chi connectivity index (χ2n) is 21.1. The van der Waals surface area contributed by atoms with Crippen molar-refractivity contribution < 1.29 is 19.2 Å². The average Bonchev–Trinajstić information content (AvgIpc) is 3.74. The maximum Gasteiger partial charge on any atom is 0.222 e. The van der Waals surface area contributed by atoms with E-state index in [1.165, 1.54) is 127 Å². The maximum atomic E-state index is 11.2. The third-order valence-corrected chi connectivity index (χ3v) is 13.2. The monoisotopic (exact) mass is 1060 g/mol. The molecule has 3 aromatic rings. The molecule has 1 N–H and O–H groups in total. The number of aromatic nitrogens is 2. The fourth-order valence-corrected chi connectivity index (χ4v) is 8.93. The van der Waals surface area contributed by atoms with Gasteiger partial charge in [0.15, 0.2) is 11.6 Å². The van der Waals surface area contributed by atoms with Gasteiger partial charge in [-0.25, -0.2) is 4.98 Å². The molecule has 0 radical (unpaired) electrons. The van der Waals surface area contributed by atoms with Gasteiger partial charge in [-0.3, -0.25) is 19.4 Å². The summed E-state index contributed by atoms with van der Waals surface area (Å²) >= 11 is 0. The van der Waals surface area contributed by atoms with Crippen molar-refractivity contribution in [1.29, 1.82) is 0 Å². The molecule has 1 amide bonds. The van der Waals surface area contributed by atoms with Crippen LogP contribution in [0.3, 0.4) is 0 Å². The summed E-state index contributed by atoms with van der Waals surface area (Å²) in [7, 11) is 3.78. The number of nitrogens with one attached hydrogen (secondary N) is 1. The number of rotatable bonds is 29. The van der Waals surface area contributed by atoms with Gasteiger partial charge in [-0.05, 0) is 149 Å². The van der Waals surface area contributed by atoms with Crippen LogP contribution in [0.15, 0.2) is 59.2 Å². The van der Waals surface area contributed by atoms with Gasteiger partial charge < -0.3 is 24.8 Å². The van der Waals surface area contributed by atoms with Gasteiger partial charge in [0.25, 0.3) is 0 Å². The van der Waals surface area contributed by atoms with E-state index < -0.39 is 0 Å².